The molecule has 0 aromatic carbocycles. The Balaban J connectivity index is 4.13. The van der Waals surface area contributed by atoms with Crippen molar-refractivity contribution < 1.29 is 5.11 Å². The smallest absolute Gasteiger partial charge is 0.0573 e. The van der Waals surface area contributed by atoms with Gasteiger partial charge >= 0.3 is 0 Å². The Morgan fingerprint density at radius 1 is 1.07 bits per heavy atom. The Kier molecular flexibility index (Phi) is 5.73. The molecule has 0 fully saturated rings. The molecule has 2 atom stereocenters. The molecule has 86 valence electrons. The summed E-state index contributed by atoms with van der Waals surface area (Å²) in [5.74, 6) is 1.07. The van der Waals surface area contributed by atoms with Gasteiger partial charge in [-0.05, 0) is 23.7 Å². The molecule has 0 aliphatic rings. The normalized spacial score (nSPS) is 17.1. The minimum absolute atomic E-state index is 0.139. The summed E-state index contributed by atoms with van der Waals surface area (Å²) >= 11 is 0. The lowest BCUT2D eigenvalue weighted by atomic mass is 9.76. The van der Waals surface area contributed by atoms with Crippen molar-refractivity contribution in [2.24, 2.45) is 17.3 Å². The van der Waals surface area contributed by atoms with Gasteiger partial charge in [-0.25, -0.2) is 0 Å². The van der Waals surface area contributed by atoms with Crippen molar-refractivity contribution in [1.82, 2.24) is 0 Å². The van der Waals surface area contributed by atoms with Crippen molar-refractivity contribution in [3.8, 4) is 0 Å². The van der Waals surface area contributed by atoms with E-state index in [1.165, 1.54) is 12.8 Å². The first-order valence-electron chi connectivity index (χ1n) is 6.00. The summed E-state index contributed by atoms with van der Waals surface area (Å²) in [5, 5.41) is 10.1. The molecular weight excluding hydrogens is 172 g/mol. The van der Waals surface area contributed by atoms with Crippen molar-refractivity contribution in [2.75, 3.05) is 0 Å². The zero-order chi connectivity index (χ0) is 11.4. The summed E-state index contributed by atoms with van der Waals surface area (Å²) < 4.78 is 0. The van der Waals surface area contributed by atoms with Crippen LogP contribution in [0.25, 0.3) is 0 Å². The summed E-state index contributed by atoms with van der Waals surface area (Å²) in [5.41, 5.74) is 0.214. The molecule has 14 heavy (non-hydrogen) atoms. The maximum atomic E-state index is 10.1. The van der Waals surface area contributed by atoms with E-state index in [9.17, 15) is 5.11 Å². The van der Waals surface area contributed by atoms with E-state index in [-0.39, 0.29) is 11.5 Å². The van der Waals surface area contributed by atoms with E-state index in [0.717, 1.165) is 6.42 Å². The third-order valence-electron chi connectivity index (χ3n) is 3.67. The topological polar surface area (TPSA) is 20.2 Å². The predicted octanol–water partition coefficient (Wildman–Crippen LogP) is 3.86. The standard InChI is InChI=1S/C13H28O/c1-7-11(8-2)9-12(14)10(3)13(4,5)6/h10-12,14H,7-9H2,1-6H3. The van der Waals surface area contributed by atoms with Gasteiger partial charge in [-0.1, -0.05) is 54.4 Å². The molecule has 0 aliphatic heterocycles. The van der Waals surface area contributed by atoms with E-state index < -0.39 is 0 Å². The van der Waals surface area contributed by atoms with Crippen LogP contribution < -0.4 is 0 Å². The molecule has 0 spiro atoms. The van der Waals surface area contributed by atoms with Crippen molar-refractivity contribution in [3.63, 3.8) is 0 Å². The first-order valence-corrected chi connectivity index (χ1v) is 6.00. The fraction of sp³-hybridized carbons (Fsp3) is 1.00. The van der Waals surface area contributed by atoms with Gasteiger partial charge in [0.25, 0.3) is 0 Å². The Bertz CT molecular complexity index is 142. The van der Waals surface area contributed by atoms with E-state index in [1.54, 1.807) is 0 Å². The van der Waals surface area contributed by atoms with E-state index in [4.69, 9.17) is 0 Å². The van der Waals surface area contributed by atoms with E-state index >= 15 is 0 Å². The van der Waals surface area contributed by atoms with Crippen LogP contribution in [0.2, 0.25) is 0 Å². The highest BCUT2D eigenvalue weighted by atomic mass is 16.3. The Hall–Kier alpha value is -0.0400. The van der Waals surface area contributed by atoms with Gasteiger partial charge in [0.15, 0.2) is 0 Å². The highest BCUT2D eigenvalue weighted by Gasteiger charge is 2.27. The maximum absolute atomic E-state index is 10.1. The number of aliphatic hydroxyl groups is 1. The number of hydrogen-bond donors (Lipinski definition) is 1. The van der Waals surface area contributed by atoms with Crippen LogP contribution in [0.15, 0.2) is 0 Å². The summed E-state index contributed by atoms with van der Waals surface area (Å²) in [6.45, 7) is 13.2. The van der Waals surface area contributed by atoms with Gasteiger partial charge in [0.2, 0.25) is 0 Å². The minimum Gasteiger partial charge on any atom is -0.393 e. The average Bonchev–Trinajstić information content (AvgIpc) is 2.11. The van der Waals surface area contributed by atoms with Crippen LogP contribution in [-0.4, -0.2) is 11.2 Å². The molecule has 0 aliphatic carbocycles. The molecule has 0 amide bonds. The first-order chi connectivity index (χ1) is 6.32. The number of rotatable bonds is 5. The van der Waals surface area contributed by atoms with Gasteiger partial charge in [0.05, 0.1) is 6.10 Å². The zero-order valence-corrected chi connectivity index (χ0v) is 10.8. The molecule has 0 aromatic rings. The monoisotopic (exact) mass is 200 g/mol. The van der Waals surface area contributed by atoms with Crippen LogP contribution in [-0.2, 0) is 0 Å². The van der Waals surface area contributed by atoms with Crippen LogP contribution in [0.5, 0.6) is 0 Å². The maximum Gasteiger partial charge on any atom is 0.0573 e. The molecule has 0 aromatic heterocycles. The molecule has 0 heterocycles. The van der Waals surface area contributed by atoms with Crippen LogP contribution >= 0.6 is 0 Å². The highest BCUT2D eigenvalue weighted by Crippen LogP contribution is 2.31. The quantitative estimate of drug-likeness (QED) is 0.714. The lowest BCUT2D eigenvalue weighted by Gasteiger charge is -2.33. The van der Waals surface area contributed by atoms with E-state index in [0.29, 0.717) is 11.8 Å². The van der Waals surface area contributed by atoms with Crippen LogP contribution in [0.1, 0.15) is 60.8 Å². The number of aliphatic hydroxyl groups excluding tert-OH is 1. The molecule has 1 heteroatoms. The molecule has 1 N–H and O–H groups in total. The highest BCUT2D eigenvalue weighted by molar-refractivity contribution is 4.78. The van der Waals surface area contributed by atoms with E-state index in [2.05, 4.69) is 41.5 Å². The van der Waals surface area contributed by atoms with Gasteiger partial charge in [-0.2, -0.15) is 0 Å². The zero-order valence-electron chi connectivity index (χ0n) is 10.8. The molecule has 0 bridgehead atoms. The Morgan fingerprint density at radius 3 is 1.79 bits per heavy atom. The second-order valence-corrected chi connectivity index (χ2v) is 5.64. The molecular formula is C13H28O. The summed E-state index contributed by atoms with van der Waals surface area (Å²) in [6.07, 6.45) is 3.19. The second-order valence-electron chi connectivity index (χ2n) is 5.64. The van der Waals surface area contributed by atoms with Crippen molar-refractivity contribution in [2.45, 2.75) is 66.9 Å². The van der Waals surface area contributed by atoms with Gasteiger partial charge < -0.3 is 5.11 Å². The Labute approximate surface area is 89.9 Å². The van der Waals surface area contributed by atoms with Gasteiger partial charge in [-0.3, -0.25) is 0 Å². The van der Waals surface area contributed by atoms with Gasteiger partial charge in [0, 0.05) is 0 Å². The third-order valence-corrected chi connectivity index (χ3v) is 3.67. The van der Waals surface area contributed by atoms with Crippen LogP contribution in [0, 0.1) is 17.3 Å². The molecule has 0 radical (unpaired) electrons. The Morgan fingerprint density at radius 2 is 1.50 bits per heavy atom. The first kappa shape index (κ1) is 14.0. The SMILES string of the molecule is CCC(CC)CC(O)C(C)C(C)(C)C. The molecule has 0 saturated carbocycles. The minimum atomic E-state index is -0.139. The fourth-order valence-electron chi connectivity index (χ4n) is 1.74. The third kappa shape index (κ3) is 4.45. The largest absolute Gasteiger partial charge is 0.393 e. The fourth-order valence-corrected chi connectivity index (χ4v) is 1.74. The molecule has 2 unspecified atom stereocenters. The summed E-state index contributed by atoms with van der Waals surface area (Å²) in [6, 6.07) is 0. The lowest BCUT2D eigenvalue weighted by Crippen LogP contribution is -2.31. The van der Waals surface area contributed by atoms with Crippen molar-refractivity contribution in [1.29, 1.82) is 0 Å². The van der Waals surface area contributed by atoms with Gasteiger partial charge in [0.1, 0.15) is 0 Å². The summed E-state index contributed by atoms with van der Waals surface area (Å²) in [7, 11) is 0. The van der Waals surface area contributed by atoms with Crippen LogP contribution in [0.4, 0.5) is 0 Å². The molecule has 0 saturated heterocycles. The second kappa shape index (κ2) is 5.75. The molecule has 0 rings (SSSR count). The van der Waals surface area contributed by atoms with Crippen LogP contribution in [0.3, 0.4) is 0 Å². The van der Waals surface area contributed by atoms with E-state index in [1.807, 2.05) is 0 Å². The van der Waals surface area contributed by atoms with Gasteiger partial charge in [-0.15, -0.1) is 0 Å². The summed E-state index contributed by atoms with van der Waals surface area (Å²) in [4.78, 5) is 0. The van der Waals surface area contributed by atoms with Crippen molar-refractivity contribution >= 4 is 0 Å². The van der Waals surface area contributed by atoms with Crippen molar-refractivity contribution in [3.05, 3.63) is 0 Å². The molecule has 1 nitrogen and oxygen atoms in total. The predicted molar refractivity (Wildman–Crippen MR) is 63.3 cm³/mol. The number of hydrogen-bond acceptors (Lipinski definition) is 1. The lowest BCUT2D eigenvalue weighted by molar-refractivity contribution is 0.0344. The average molecular weight is 200 g/mol.